The summed E-state index contributed by atoms with van der Waals surface area (Å²) < 4.78 is 68.7. The number of anilines is 1. The molecule has 1 aromatic heterocycles. The van der Waals surface area contributed by atoms with Crippen LogP contribution in [0.15, 0.2) is 83.3 Å². The number of halogens is 3. The van der Waals surface area contributed by atoms with Gasteiger partial charge in [0.05, 0.1) is 37.0 Å². The van der Waals surface area contributed by atoms with Gasteiger partial charge in [0.15, 0.2) is 0 Å². The highest BCUT2D eigenvalue weighted by molar-refractivity contribution is 7.93. The van der Waals surface area contributed by atoms with Crippen molar-refractivity contribution < 1.29 is 26.7 Å². The average Bonchev–Trinajstić information content (AvgIpc) is 3.51. The minimum Gasteiger partial charge on any atom is -0.497 e. The summed E-state index contributed by atoms with van der Waals surface area (Å²) in [5.74, 6) is -0.627. The molecule has 4 aromatic rings. The van der Waals surface area contributed by atoms with E-state index in [0.717, 1.165) is 58.2 Å². The molecule has 0 aliphatic heterocycles. The molecule has 6 nitrogen and oxygen atoms in total. The van der Waals surface area contributed by atoms with Crippen LogP contribution in [0, 0.1) is 17.6 Å². The van der Waals surface area contributed by atoms with E-state index in [1.54, 1.807) is 43.5 Å². The van der Waals surface area contributed by atoms with Crippen molar-refractivity contribution in [1.29, 1.82) is 0 Å². The van der Waals surface area contributed by atoms with Crippen LogP contribution in [0.5, 0.6) is 11.5 Å². The second kappa shape index (κ2) is 12.6. The predicted molar refractivity (Wildman–Crippen MR) is 157 cm³/mol. The van der Waals surface area contributed by atoms with Crippen molar-refractivity contribution in [2.75, 3.05) is 18.0 Å². The van der Waals surface area contributed by atoms with E-state index in [0.29, 0.717) is 16.3 Å². The summed E-state index contributed by atoms with van der Waals surface area (Å²) in [6, 6.07) is 15.3. The molecule has 3 aromatic carbocycles. The fourth-order valence-corrected chi connectivity index (χ4v) is 7.40. The lowest BCUT2D eigenvalue weighted by Crippen LogP contribution is -2.30. The molecule has 5 rings (SSSR count). The monoisotopic (exact) mass is 616 g/mol. The molecule has 11 heteroatoms. The maximum absolute atomic E-state index is 15.5. The Balaban J connectivity index is 1.38. The van der Waals surface area contributed by atoms with Crippen LogP contribution in [0.3, 0.4) is 0 Å². The average molecular weight is 617 g/mol. The zero-order valence-electron chi connectivity index (χ0n) is 22.1. The normalized spacial score (nSPS) is 15.3. The fourth-order valence-electron chi connectivity index (χ4n) is 4.75. The molecular formula is C30H27ClF2N2O4S2. The number of hydrogen-bond donors (Lipinski definition) is 0. The van der Waals surface area contributed by atoms with Gasteiger partial charge in [0.25, 0.3) is 10.0 Å². The number of ether oxygens (including phenoxy) is 2. The van der Waals surface area contributed by atoms with Gasteiger partial charge in [-0.25, -0.2) is 17.2 Å². The molecule has 0 radical (unpaired) electrons. The van der Waals surface area contributed by atoms with E-state index in [9.17, 15) is 12.8 Å². The highest BCUT2D eigenvalue weighted by Gasteiger charge is 2.31. The molecule has 0 fully saturated rings. The number of aromatic nitrogens is 1. The number of methoxy groups -OCH3 is 1. The Morgan fingerprint density at radius 3 is 2.54 bits per heavy atom. The molecule has 0 bridgehead atoms. The van der Waals surface area contributed by atoms with Crippen LogP contribution in [0.25, 0.3) is 5.57 Å². The Labute approximate surface area is 246 Å². The third kappa shape index (κ3) is 6.55. The number of nitrogens with zero attached hydrogens (tertiary/aromatic N) is 2. The lowest BCUT2D eigenvalue weighted by molar-refractivity contribution is 0.267. The van der Waals surface area contributed by atoms with Gasteiger partial charge in [-0.1, -0.05) is 41.9 Å². The first-order chi connectivity index (χ1) is 19.8. The van der Waals surface area contributed by atoms with Gasteiger partial charge < -0.3 is 9.47 Å². The fraction of sp³-hybridized carbons (Fsp3) is 0.233. The van der Waals surface area contributed by atoms with Gasteiger partial charge in [-0.05, 0) is 66.3 Å². The van der Waals surface area contributed by atoms with Gasteiger partial charge in [-0.2, -0.15) is 0 Å². The van der Waals surface area contributed by atoms with Crippen LogP contribution >= 0.6 is 22.9 Å². The van der Waals surface area contributed by atoms with Crippen molar-refractivity contribution in [2.45, 2.75) is 30.7 Å². The molecule has 214 valence electrons. The first-order valence-electron chi connectivity index (χ1n) is 12.9. The highest BCUT2D eigenvalue weighted by Crippen LogP contribution is 2.37. The molecular weight excluding hydrogens is 590 g/mol. The Bertz CT molecular complexity index is 1630. The zero-order valence-corrected chi connectivity index (χ0v) is 24.5. The first kappa shape index (κ1) is 29.0. The van der Waals surface area contributed by atoms with Gasteiger partial charge in [0.1, 0.15) is 33.0 Å². The quantitative estimate of drug-likeness (QED) is 0.182. The maximum atomic E-state index is 15.5. The number of rotatable bonds is 10. The molecule has 0 N–H and O–H groups in total. The topological polar surface area (TPSA) is 68.7 Å². The molecule has 41 heavy (non-hydrogen) atoms. The Morgan fingerprint density at radius 1 is 1.10 bits per heavy atom. The molecule has 1 heterocycles. The minimum atomic E-state index is -4.37. The van der Waals surface area contributed by atoms with Crippen LogP contribution in [-0.2, 0) is 16.6 Å². The van der Waals surface area contributed by atoms with Gasteiger partial charge in [0.2, 0.25) is 0 Å². The largest absolute Gasteiger partial charge is 0.497 e. The van der Waals surface area contributed by atoms with Crippen molar-refractivity contribution in [2.24, 2.45) is 5.92 Å². The smallest absolute Gasteiger partial charge is 0.268 e. The van der Waals surface area contributed by atoms with E-state index in [1.807, 2.05) is 0 Å². The summed E-state index contributed by atoms with van der Waals surface area (Å²) in [5.41, 5.74) is 4.11. The Kier molecular flexibility index (Phi) is 8.91. The second-order valence-electron chi connectivity index (χ2n) is 9.52. The SMILES string of the molecule is COc1ccc(CN(c2cncs2)S(=O)(=O)c2cc(Cl)c(OCC3CCCC=C3c3ccc(F)cc3)cc2F)cc1. The molecule has 1 unspecified atom stereocenters. The van der Waals surface area contributed by atoms with Crippen molar-refractivity contribution in [3.05, 3.63) is 106 Å². The summed E-state index contributed by atoms with van der Waals surface area (Å²) in [6.45, 7) is 0.156. The predicted octanol–water partition coefficient (Wildman–Crippen LogP) is 7.74. The van der Waals surface area contributed by atoms with Crippen molar-refractivity contribution in [3.8, 4) is 11.5 Å². The molecule has 0 saturated heterocycles. The first-order valence-corrected chi connectivity index (χ1v) is 15.6. The van der Waals surface area contributed by atoms with Crippen LogP contribution < -0.4 is 13.8 Å². The summed E-state index contributed by atoms with van der Waals surface area (Å²) in [4.78, 5) is 3.44. The number of sulfonamides is 1. The lowest BCUT2D eigenvalue weighted by Gasteiger charge is -2.26. The Morgan fingerprint density at radius 2 is 1.85 bits per heavy atom. The van der Waals surface area contributed by atoms with E-state index in [2.05, 4.69) is 11.1 Å². The molecule has 0 saturated carbocycles. The third-order valence-corrected chi connectivity index (χ3v) is 9.86. The van der Waals surface area contributed by atoms with E-state index in [1.165, 1.54) is 23.8 Å². The van der Waals surface area contributed by atoms with Crippen molar-refractivity contribution in [1.82, 2.24) is 4.98 Å². The van der Waals surface area contributed by atoms with Crippen molar-refractivity contribution in [3.63, 3.8) is 0 Å². The summed E-state index contributed by atoms with van der Waals surface area (Å²) in [6.07, 6.45) is 6.22. The number of allylic oxidation sites excluding steroid dienone is 1. The summed E-state index contributed by atoms with van der Waals surface area (Å²) >= 11 is 7.58. The molecule has 0 spiro atoms. The number of hydrogen-bond acceptors (Lipinski definition) is 6. The standard InChI is InChI=1S/C30H27ClF2N2O4S2/c1-38-24-12-6-20(7-13-24)17-35(30-16-34-19-40-30)41(36,37)29-14-26(31)28(15-27(29)33)39-18-22-4-2-3-5-25(22)21-8-10-23(32)11-9-21/h5-16,19,22H,2-4,17-18H2,1H3. The lowest BCUT2D eigenvalue weighted by atomic mass is 9.84. The van der Waals surface area contributed by atoms with Gasteiger partial charge in [0, 0.05) is 12.0 Å². The van der Waals surface area contributed by atoms with E-state index in [4.69, 9.17) is 21.1 Å². The highest BCUT2D eigenvalue weighted by atomic mass is 35.5. The zero-order chi connectivity index (χ0) is 29.0. The molecule has 1 aliphatic carbocycles. The summed E-state index contributed by atoms with van der Waals surface area (Å²) in [7, 11) is -2.83. The minimum absolute atomic E-state index is 0.0111. The summed E-state index contributed by atoms with van der Waals surface area (Å²) in [5, 5.41) is 0.302. The van der Waals surface area contributed by atoms with Crippen LogP contribution in [0.1, 0.15) is 30.4 Å². The van der Waals surface area contributed by atoms with Crippen molar-refractivity contribution >= 4 is 43.5 Å². The number of benzene rings is 3. The molecule has 1 aliphatic rings. The Hall–Kier alpha value is -3.47. The maximum Gasteiger partial charge on any atom is 0.268 e. The second-order valence-corrected chi connectivity index (χ2v) is 12.6. The van der Waals surface area contributed by atoms with Crippen LogP contribution in [-0.4, -0.2) is 27.1 Å². The van der Waals surface area contributed by atoms with E-state index >= 15 is 4.39 Å². The molecule has 0 amide bonds. The van der Waals surface area contributed by atoms with E-state index in [-0.39, 0.29) is 35.7 Å². The molecule has 1 atom stereocenters. The van der Waals surface area contributed by atoms with E-state index < -0.39 is 20.7 Å². The number of thiazole rings is 1. The van der Waals surface area contributed by atoms with Gasteiger partial charge in [-0.3, -0.25) is 9.29 Å². The third-order valence-electron chi connectivity index (χ3n) is 6.88. The van der Waals surface area contributed by atoms with Gasteiger partial charge >= 0.3 is 0 Å². The van der Waals surface area contributed by atoms with Gasteiger partial charge in [-0.15, -0.1) is 11.3 Å². The van der Waals surface area contributed by atoms with Crippen LogP contribution in [0.2, 0.25) is 5.02 Å². The van der Waals surface area contributed by atoms with Crippen LogP contribution in [0.4, 0.5) is 13.8 Å².